The van der Waals surface area contributed by atoms with E-state index in [4.69, 9.17) is 9.47 Å². The molecular weight excluding hydrogens is 428 g/mol. The summed E-state index contributed by atoms with van der Waals surface area (Å²) in [5.74, 6) is -1.94. The Bertz CT molecular complexity index is 1050. The summed E-state index contributed by atoms with van der Waals surface area (Å²) in [6, 6.07) is 11.9. The summed E-state index contributed by atoms with van der Waals surface area (Å²) in [4.78, 5) is 53.5. The molecule has 0 aromatic heterocycles. The Kier molecular flexibility index (Phi) is 7.57. The van der Waals surface area contributed by atoms with Gasteiger partial charge in [0.1, 0.15) is 6.04 Å². The topological polar surface area (TPSA) is 102 Å². The van der Waals surface area contributed by atoms with E-state index >= 15 is 0 Å². The predicted molar refractivity (Wildman–Crippen MR) is 119 cm³/mol. The lowest BCUT2D eigenvalue weighted by Gasteiger charge is -2.30. The van der Waals surface area contributed by atoms with Gasteiger partial charge in [0.25, 0.3) is 11.8 Å². The molecule has 2 aromatic rings. The van der Waals surface area contributed by atoms with E-state index < -0.39 is 36.0 Å². The summed E-state index contributed by atoms with van der Waals surface area (Å²) in [5.41, 5.74) is 1.87. The fraction of sp³-hybridized carbons (Fsp3) is 0.333. The maximum atomic E-state index is 13.4. The predicted octanol–water partition coefficient (Wildman–Crippen LogP) is 2.17. The first kappa shape index (κ1) is 24.1. The van der Waals surface area contributed by atoms with Gasteiger partial charge in [-0.25, -0.2) is 9.69 Å². The number of rotatable bonds is 8. The first-order valence-corrected chi connectivity index (χ1v) is 10.3. The van der Waals surface area contributed by atoms with Gasteiger partial charge in [-0.3, -0.25) is 14.4 Å². The molecule has 174 valence electrons. The van der Waals surface area contributed by atoms with E-state index in [-0.39, 0.29) is 18.5 Å². The number of methoxy groups -OCH3 is 3. The molecule has 0 saturated carbocycles. The van der Waals surface area contributed by atoms with Crippen LogP contribution < -0.4 is 4.90 Å². The Morgan fingerprint density at radius 1 is 1.03 bits per heavy atom. The highest BCUT2D eigenvalue weighted by atomic mass is 16.7. The molecule has 3 rings (SSSR count). The average molecular weight is 454 g/mol. The number of anilines is 1. The third-order valence-corrected chi connectivity index (χ3v) is 5.44. The molecule has 1 saturated heterocycles. The summed E-state index contributed by atoms with van der Waals surface area (Å²) < 4.78 is 15.2. The smallest absolute Gasteiger partial charge is 0.337 e. The normalized spacial score (nSPS) is 15.8. The third-order valence-electron chi connectivity index (χ3n) is 5.44. The van der Waals surface area contributed by atoms with Gasteiger partial charge in [0.2, 0.25) is 5.91 Å². The van der Waals surface area contributed by atoms with Gasteiger partial charge in [-0.05, 0) is 43.3 Å². The largest absolute Gasteiger partial charge is 0.465 e. The van der Waals surface area contributed by atoms with Crippen molar-refractivity contribution in [2.75, 3.05) is 32.8 Å². The van der Waals surface area contributed by atoms with Gasteiger partial charge in [0.05, 0.1) is 31.3 Å². The van der Waals surface area contributed by atoms with E-state index in [0.717, 1.165) is 10.5 Å². The summed E-state index contributed by atoms with van der Waals surface area (Å²) in [7, 11) is 4.13. The Labute approximate surface area is 191 Å². The summed E-state index contributed by atoms with van der Waals surface area (Å²) in [5, 5.41) is 0. The number of nitrogens with zero attached hydrogens (tertiary/aromatic N) is 2. The lowest BCUT2D eigenvalue weighted by atomic mass is 10.1. The van der Waals surface area contributed by atoms with Crippen LogP contribution >= 0.6 is 0 Å². The van der Waals surface area contributed by atoms with Crippen molar-refractivity contribution in [3.05, 3.63) is 65.2 Å². The monoisotopic (exact) mass is 454 g/mol. The molecule has 0 radical (unpaired) electrons. The van der Waals surface area contributed by atoms with E-state index in [0.29, 0.717) is 11.3 Å². The minimum atomic E-state index is -1.03. The maximum Gasteiger partial charge on any atom is 0.337 e. The van der Waals surface area contributed by atoms with Crippen LogP contribution in [-0.4, -0.2) is 68.8 Å². The number of hydrogen-bond acceptors (Lipinski definition) is 7. The van der Waals surface area contributed by atoms with Crippen molar-refractivity contribution < 1.29 is 33.4 Å². The molecule has 0 aliphatic carbocycles. The molecule has 9 nitrogen and oxygen atoms in total. The molecule has 1 aliphatic rings. The minimum Gasteiger partial charge on any atom is -0.465 e. The van der Waals surface area contributed by atoms with Crippen LogP contribution in [0.4, 0.5) is 5.69 Å². The Balaban J connectivity index is 1.92. The molecule has 1 atom stereocenters. The van der Waals surface area contributed by atoms with Crippen LogP contribution in [0.25, 0.3) is 0 Å². The number of imide groups is 1. The molecule has 3 amide bonds. The molecule has 0 spiro atoms. The van der Waals surface area contributed by atoms with Gasteiger partial charge >= 0.3 is 5.97 Å². The average Bonchev–Trinajstić information content (AvgIpc) is 3.12. The zero-order valence-electron chi connectivity index (χ0n) is 18.9. The molecule has 0 bridgehead atoms. The summed E-state index contributed by atoms with van der Waals surface area (Å²) in [6.07, 6.45) is -0.968. The summed E-state index contributed by atoms with van der Waals surface area (Å²) >= 11 is 0. The van der Waals surface area contributed by atoms with Crippen LogP contribution in [0.2, 0.25) is 0 Å². The van der Waals surface area contributed by atoms with Gasteiger partial charge in [0.15, 0.2) is 6.29 Å². The number of benzene rings is 2. The van der Waals surface area contributed by atoms with E-state index in [1.807, 2.05) is 13.0 Å². The van der Waals surface area contributed by atoms with Crippen LogP contribution in [0, 0.1) is 6.92 Å². The minimum absolute atomic E-state index is 0.0431. The number of carbonyl (C=O) groups excluding carboxylic acids is 4. The standard InChI is InChI=1S/C24H26N2O7/c1-15-6-5-7-17(12-15)22(28)25(14-21(31-2)32-3)19-13-20(27)26(23(19)29)18-10-8-16(9-11-18)24(30)33-4/h5-12,19,21H,13-14H2,1-4H3. The zero-order chi connectivity index (χ0) is 24.1. The first-order valence-electron chi connectivity index (χ1n) is 10.3. The highest BCUT2D eigenvalue weighted by molar-refractivity contribution is 6.23. The molecule has 2 aromatic carbocycles. The van der Waals surface area contributed by atoms with Crippen molar-refractivity contribution in [1.29, 1.82) is 0 Å². The fourth-order valence-corrected chi connectivity index (χ4v) is 3.70. The Hall–Kier alpha value is -3.56. The second-order valence-corrected chi connectivity index (χ2v) is 7.55. The van der Waals surface area contributed by atoms with Gasteiger partial charge in [-0.1, -0.05) is 17.7 Å². The second kappa shape index (κ2) is 10.4. The van der Waals surface area contributed by atoms with Gasteiger partial charge in [0, 0.05) is 19.8 Å². The highest BCUT2D eigenvalue weighted by Crippen LogP contribution is 2.27. The van der Waals surface area contributed by atoms with E-state index in [2.05, 4.69) is 4.74 Å². The van der Waals surface area contributed by atoms with Crippen molar-refractivity contribution in [1.82, 2.24) is 4.90 Å². The number of ether oxygens (including phenoxy) is 3. The van der Waals surface area contributed by atoms with E-state index in [1.54, 1.807) is 18.2 Å². The van der Waals surface area contributed by atoms with Crippen molar-refractivity contribution >= 4 is 29.4 Å². The Morgan fingerprint density at radius 3 is 2.27 bits per heavy atom. The van der Waals surface area contributed by atoms with Crippen LogP contribution in [-0.2, 0) is 23.8 Å². The van der Waals surface area contributed by atoms with Gasteiger partial charge in [-0.2, -0.15) is 0 Å². The van der Waals surface area contributed by atoms with Crippen LogP contribution in [0.15, 0.2) is 48.5 Å². The lowest BCUT2D eigenvalue weighted by Crippen LogP contribution is -2.49. The fourth-order valence-electron chi connectivity index (χ4n) is 3.70. The lowest BCUT2D eigenvalue weighted by molar-refractivity contribution is -0.128. The van der Waals surface area contributed by atoms with Crippen molar-refractivity contribution in [2.24, 2.45) is 0 Å². The molecule has 1 unspecified atom stereocenters. The molecule has 1 fully saturated rings. The zero-order valence-corrected chi connectivity index (χ0v) is 18.9. The second-order valence-electron chi connectivity index (χ2n) is 7.55. The molecule has 33 heavy (non-hydrogen) atoms. The number of aryl methyl sites for hydroxylation is 1. The van der Waals surface area contributed by atoms with E-state index in [9.17, 15) is 19.2 Å². The number of carbonyl (C=O) groups is 4. The molecular formula is C24H26N2O7. The molecule has 0 N–H and O–H groups in total. The summed E-state index contributed by atoms with van der Waals surface area (Å²) in [6.45, 7) is 1.82. The van der Waals surface area contributed by atoms with Crippen molar-refractivity contribution in [3.63, 3.8) is 0 Å². The molecule has 1 aliphatic heterocycles. The quantitative estimate of drug-likeness (QED) is 0.342. The van der Waals surface area contributed by atoms with Gasteiger partial charge < -0.3 is 19.1 Å². The van der Waals surface area contributed by atoms with Crippen LogP contribution in [0.3, 0.4) is 0 Å². The van der Waals surface area contributed by atoms with E-state index in [1.165, 1.54) is 50.5 Å². The van der Waals surface area contributed by atoms with Gasteiger partial charge in [-0.15, -0.1) is 0 Å². The first-order chi connectivity index (χ1) is 15.8. The van der Waals surface area contributed by atoms with Crippen molar-refractivity contribution in [2.45, 2.75) is 25.7 Å². The molecule has 1 heterocycles. The van der Waals surface area contributed by atoms with Crippen LogP contribution in [0.5, 0.6) is 0 Å². The number of esters is 1. The van der Waals surface area contributed by atoms with Crippen LogP contribution in [0.1, 0.15) is 32.7 Å². The molecule has 9 heteroatoms. The maximum absolute atomic E-state index is 13.4. The Morgan fingerprint density at radius 2 is 1.70 bits per heavy atom. The van der Waals surface area contributed by atoms with Crippen molar-refractivity contribution in [3.8, 4) is 0 Å². The highest BCUT2D eigenvalue weighted by Gasteiger charge is 2.45. The number of hydrogen-bond donors (Lipinski definition) is 0. The number of amides is 3. The SMILES string of the molecule is COC(=O)c1ccc(N2C(=O)CC(N(CC(OC)OC)C(=O)c3cccc(C)c3)C2=O)cc1. The third kappa shape index (κ3) is 5.10.